The molecule has 0 rings (SSSR count). The van der Waals surface area contributed by atoms with Crippen LogP contribution in [0.15, 0.2) is 12.7 Å². The zero-order valence-electron chi connectivity index (χ0n) is 7.66. The van der Waals surface area contributed by atoms with Gasteiger partial charge in [-0.15, -0.1) is 6.58 Å². The maximum absolute atomic E-state index is 9.28. The van der Waals surface area contributed by atoms with Crippen LogP contribution in [0.3, 0.4) is 0 Å². The summed E-state index contributed by atoms with van der Waals surface area (Å²) in [5, 5.41) is 17.9. The third-order valence-electron chi connectivity index (χ3n) is 1.94. The van der Waals surface area contributed by atoms with Crippen LogP contribution in [0.5, 0.6) is 0 Å². The number of unbranched alkanes of at least 4 members (excludes halogenated alkanes) is 2. The number of aliphatic hydroxyl groups is 1. The normalized spacial score (nSPS) is 14.8. The van der Waals surface area contributed by atoms with Crippen molar-refractivity contribution in [2.24, 2.45) is 5.92 Å². The van der Waals surface area contributed by atoms with Gasteiger partial charge in [0.1, 0.15) is 0 Å². The molecule has 0 aliphatic carbocycles. The first kappa shape index (κ1) is 11.2. The summed E-state index contributed by atoms with van der Waals surface area (Å²) in [6.45, 7) is 5.57. The Morgan fingerprint density at radius 3 is 2.67 bits per heavy atom. The van der Waals surface area contributed by atoms with Gasteiger partial charge in [-0.2, -0.15) is 5.26 Å². The van der Waals surface area contributed by atoms with Gasteiger partial charge in [0.25, 0.3) is 0 Å². The topological polar surface area (TPSA) is 44.0 Å². The molecule has 2 nitrogen and oxygen atoms in total. The summed E-state index contributed by atoms with van der Waals surface area (Å²) in [7, 11) is 0. The molecule has 1 N–H and O–H groups in total. The van der Waals surface area contributed by atoms with Crippen LogP contribution in [-0.4, -0.2) is 11.2 Å². The molecule has 0 radical (unpaired) electrons. The van der Waals surface area contributed by atoms with Crippen LogP contribution >= 0.6 is 0 Å². The minimum absolute atomic E-state index is 0.269. The van der Waals surface area contributed by atoms with E-state index in [1.807, 2.05) is 0 Å². The summed E-state index contributed by atoms with van der Waals surface area (Å²) < 4.78 is 0. The molecule has 2 atom stereocenters. The molecule has 0 saturated carbocycles. The monoisotopic (exact) mass is 167 g/mol. The highest BCUT2D eigenvalue weighted by molar-refractivity contribution is 4.95. The van der Waals surface area contributed by atoms with E-state index >= 15 is 0 Å². The van der Waals surface area contributed by atoms with Crippen LogP contribution in [0.2, 0.25) is 0 Å². The summed E-state index contributed by atoms with van der Waals surface area (Å²) in [4.78, 5) is 0. The Kier molecular flexibility index (Phi) is 6.41. The Morgan fingerprint density at radius 2 is 2.25 bits per heavy atom. The summed E-state index contributed by atoms with van der Waals surface area (Å²) in [6, 6.07) is 2.09. The first-order valence-electron chi connectivity index (χ1n) is 4.46. The van der Waals surface area contributed by atoms with Crippen LogP contribution in [-0.2, 0) is 0 Å². The lowest BCUT2D eigenvalue weighted by atomic mass is 9.97. The standard InChI is InChI=1S/C10H17NO/c1-3-5-6-7-9(8-11)10(12)4-2/h4,9-10,12H,2-3,5-7H2,1H3. The van der Waals surface area contributed by atoms with Crippen molar-refractivity contribution in [3.63, 3.8) is 0 Å². The summed E-state index contributed by atoms with van der Waals surface area (Å²) in [5.74, 6) is -0.269. The van der Waals surface area contributed by atoms with Gasteiger partial charge < -0.3 is 5.11 Å². The summed E-state index contributed by atoms with van der Waals surface area (Å²) >= 11 is 0. The van der Waals surface area contributed by atoms with Crippen molar-refractivity contribution in [2.45, 2.75) is 38.7 Å². The predicted octanol–water partition coefficient (Wildman–Crippen LogP) is 2.25. The molecule has 0 spiro atoms. The summed E-state index contributed by atoms with van der Waals surface area (Å²) in [6.07, 6.45) is 4.83. The van der Waals surface area contributed by atoms with Crippen molar-refractivity contribution in [3.8, 4) is 6.07 Å². The molecule has 2 heteroatoms. The molecule has 0 aliphatic heterocycles. The first-order valence-corrected chi connectivity index (χ1v) is 4.46. The average molecular weight is 167 g/mol. The van der Waals surface area contributed by atoms with E-state index in [1.54, 1.807) is 0 Å². The third kappa shape index (κ3) is 4.15. The number of aliphatic hydroxyl groups excluding tert-OH is 1. The molecule has 0 heterocycles. The number of nitrogens with zero attached hydrogens (tertiary/aromatic N) is 1. The minimum Gasteiger partial charge on any atom is -0.388 e. The molecule has 68 valence electrons. The molecule has 0 amide bonds. The second kappa shape index (κ2) is 6.87. The fraction of sp³-hybridized carbons (Fsp3) is 0.700. The number of hydrogen-bond acceptors (Lipinski definition) is 2. The quantitative estimate of drug-likeness (QED) is 0.487. The van der Waals surface area contributed by atoms with E-state index in [0.29, 0.717) is 0 Å². The number of rotatable bonds is 6. The van der Waals surface area contributed by atoms with E-state index in [1.165, 1.54) is 6.08 Å². The van der Waals surface area contributed by atoms with Gasteiger partial charge in [0.05, 0.1) is 18.1 Å². The van der Waals surface area contributed by atoms with E-state index in [9.17, 15) is 5.11 Å². The Bertz CT molecular complexity index is 160. The van der Waals surface area contributed by atoms with Crippen LogP contribution in [0, 0.1) is 17.2 Å². The lowest BCUT2D eigenvalue weighted by Gasteiger charge is -2.11. The molecule has 12 heavy (non-hydrogen) atoms. The molecule has 0 bridgehead atoms. The van der Waals surface area contributed by atoms with Gasteiger partial charge in [-0.25, -0.2) is 0 Å². The highest BCUT2D eigenvalue weighted by Crippen LogP contribution is 2.13. The average Bonchev–Trinajstić information content (AvgIpc) is 2.11. The van der Waals surface area contributed by atoms with Gasteiger partial charge in [0, 0.05) is 0 Å². The minimum atomic E-state index is -0.660. The van der Waals surface area contributed by atoms with Crippen LogP contribution < -0.4 is 0 Å². The van der Waals surface area contributed by atoms with Crippen molar-refractivity contribution in [2.75, 3.05) is 0 Å². The highest BCUT2D eigenvalue weighted by atomic mass is 16.3. The molecule has 0 aromatic rings. The van der Waals surface area contributed by atoms with Crippen LogP contribution in [0.25, 0.3) is 0 Å². The Labute approximate surface area is 74.5 Å². The predicted molar refractivity (Wildman–Crippen MR) is 49.4 cm³/mol. The largest absolute Gasteiger partial charge is 0.388 e. The molecule has 2 unspecified atom stereocenters. The molecule has 0 fully saturated rings. The first-order chi connectivity index (χ1) is 5.76. The molecule has 0 saturated heterocycles. The number of nitriles is 1. The number of hydrogen-bond donors (Lipinski definition) is 1. The second-order valence-electron chi connectivity index (χ2n) is 2.96. The van der Waals surface area contributed by atoms with Gasteiger partial charge in [-0.1, -0.05) is 32.3 Å². The Balaban J connectivity index is 3.69. The molecular formula is C10H17NO. The second-order valence-corrected chi connectivity index (χ2v) is 2.96. The maximum atomic E-state index is 9.28. The smallest absolute Gasteiger partial charge is 0.0876 e. The molecule has 0 aromatic carbocycles. The van der Waals surface area contributed by atoms with Gasteiger partial charge in [-0.05, 0) is 6.42 Å². The zero-order valence-corrected chi connectivity index (χ0v) is 7.66. The fourth-order valence-corrected chi connectivity index (χ4v) is 1.09. The van der Waals surface area contributed by atoms with Crippen molar-refractivity contribution in [1.82, 2.24) is 0 Å². The van der Waals surface area contributed by atoms with E-state index in [4.69, 9.17) is 5.26 Å². The van der Waals surface area contributed by atoms with Crippen LogP contribution in [0.4, 0.5) is 0 Å². The summed E-state index contributed by atoms with van der Waals surface area (Å²) in [5.41, 5.74) is 0. The maximum Gasteiger partial charge on any atom is 0.0876 e. The fourth-order valence-electron chi connectivity index (χ4n) is 1.09. The Hall–Kier alpha value is -0.810. The third-order valence-corrected chi connectivity index (χ3v) is 1.94. The lowest BCUT2D eigenvalue weighted by Crippen LogP contribution is -2.15. The molecule has 0 aromatic heterocycles. The molecular weight excluding hydrogens is 150 g/mol. The van der Waals surface area contributed by atoms with E-state index in [2.05, 4.69) is 19.6 Å². The zero-order chi connectivity index (χ0) is 9.40. The van der Waals surface area contributed by atoms with Gasteiger partial charge in [-0.3, -0.25) is 0 Å². The molecule has 0 aliphatic rings. The highest BCUT2D eigenvalue weighted by Gasteiger charge is 2.14. The Morgan fingerprint density at radius 1 is 1.58 bits per heavy atom. The van der Waals surface area contributed by atoms with Crippen LogP contribution in [0.1, 0.15) is 32.6 Å². The van der Waals surface area contributed by atoms with Crippen molar-refractivity contribution >= 4 is 0 Å². The van der Waals surface area contributed by atoms with Gasteiger partial charge in [0.15, 0.2) is 0 Å². The van der Waals surface area contributed by atoms with Crippen molar-refractivity contribution in [3.05, 3.63) is 12.7 Å². The van der Waals surface area contributed by atoms with E-state index in [-0.39, 0.29) is 5.92 Å². The lowest BCUT2D eigenvalue weighted by molar-refractivity contribution is 0.173. The van der Waals surface area contributed by atoms with Gasteiger partial charge >= 0.3 is 0 Å². The van der Waals surface area contributed by atoms with Crippen molar-refractivity contribution < 1.29 is 5.11 Å². The van der Waals surface area contributed by atoms with E-state index in [0.717, 1.165) is 25.7 Å². The van der Waals surface area contributed by atoms with Gasteiger partial charge in [0.2, 0.25) is 0 Å². The SMILES string of the molecule is C=CC(O)C(C#N)CCCCC. The van der Waals surface area contributed by atoms with Crippen molar-refractivity contribution in [1.29, 1.82) is 5.26 Å². The van der Waals surface area contributed by atoms with E-state index < -0.39 is 6.10 Å².